The summed E-state index contributed by atoms with van der Waals surface area (Å²) in [4.78, 5) is 5.07. The fourth-order valence-corrected chi connectivity index (χ4v) is 0.686. The van der Waals surface area contributed by atoms with E-state index in [4.69, 9.17) is 9.57 Å². The second-order valence-corrected chi connectivity index (χ2v) is 4.52. The first-order chi connectivity index (χ1) is 6.42. The molecule has 0 aromatic heterocycles. The molecular formula is C10H23N2O2+. The summed E-state index contributed by atoms with van der Waals surface area (Å²) < 4.78 is 6.14. The molecule has 0 atom stereocenters. The van der Waals surface area contributed by atoms with Gasteiger partial charge in [0.25, 0.3) is 0 Å². The normalized spacial score (nSPS) is 12.7. The van der Waals surface area contributed by atoms with Gasteiger partial charge in [-0.25, -0.2) is 0 Å². The Morgan fingerprint density at radius 2 is 1.93 bits per heavy atom. The maximum absolute atomic E-state index is 5.26. The van der Waals surface area contributed by atoms with E-state index in [2.05, 4.69) is 26.3 Å². The highest BCUT2D eigenvalue weighted by molar-refractivity contribution is 5.57. The monoisotopic (exact) mass is 203 g/mol. The molecule has 0 spiro atoms. The molecule has 0 bridgehead atoms. The third-order valence-corrected chi connectivity index (χ3v) is 1.51. The molecule has 0 N–H and O–H groups in total. The topological polar surface area (TPSA) is 30.8 Å². The molecule has 4 heteroatoms. The highest BCUT2D eigenvalue weighted by Gasteiger charge is 2.05. The van der Waals surface area contributed by atoms with Crippen LogP contribution >= 0.6 is 0 Å². The Morgan fingerprint density at radius 3 is 2.43 bits per heavy atom. The summed E-state index contributed by atoms with van der Waals surface area (Å²) in [5.74, 6) is 0. The first kappa shape index (κ1) is 13.4. The highest BCUT2D eigenvalue weighted by Crippen LogP contribution is 1.89. The van der Waals surface area contributed by atoms with Crippen LogP contribution in [0.15, 0.2) is 5.16 Å². The van der Waals surface area contributed by atoms with Crippen LogP contribution in [-0.2, 0) is 9.57 Å². The number of hydrogen-bond acceptors (Lipinski definition) is 3. The SMILES string of the molecule is CC(C)OC/C=N\OCC[N+](C)(C)C. The summed E-state index contributed by atoms with van der Waals surface area (Å²) >= 11 is 0. The number of nitrogens with zero attached hydrogens (tertiary/aromatic N) is 2. The molecule has 4 nitrogen and oxygen atoms in total. The minimum Gasteiger partial charge on any atom is -0.390 e. The van der Waals surface area contributed by atoms with Crippen LogP contribution in [0.4, 0.5) is 0 Å². The van der Waals surface area contributed by atoms with E-state index in [1.807, 2.05) is 13.8 Å². The maximum Gasteiger partial charge on any atom is 0.165 e. The molecule has 0 aliphatic carbocycles. The first-order valence-electron chi connectivity index (χ1n) is 4.97. The Labute approximate surface area is 87.1 Å². The number of quaternary nitrogens is 1. The fraction of sp³-hybridized carbons (Fsp3) is 0.900. The van der Waals surface area contributed by atoms with Crippen LogP contribution in [0.25, 0.3) is 0 Å². The number of ether oxygens (including phenoxy) is 1. The standard InChI is InChI=1S/C10H23N2O2/c1-10(2)13-8-6-11-14-9-7-12(3,4)5/h6,10H,7-9H2,1-5H3/q+1/b11-6-. The van der Waals surface area contributed by atoms with Gasteiger partial charge < -0.3 is 14.1 Å². The van der Waals surface area contributed by atoms with E-state index in [0.717, 1.165) is 11.0 Å². The lowest BCUT2D eigenvalue weighted by Crippen LogP contribution is -2.37. The van der Waals surface area contributed by atoms with Crippen LogP contribution in [0.3, 0.4) is 0 Å². The molecule has 0 heterocycles. The van der Waals surface area contributed by atoms with Gasteiger partial charge in [-0.3, -0.25) is 0 Å². The average Bonchev–Trinajstić information content (AvgIpc) is 2.00. The van der Waals surface area contributed by atoms with Gasteiger partial charge in [0.2, 0.25) is 0 Å². The molecule has 14 heavy (non-hydrogen) atoms. The summed E-state index contributed by atoms with van der Waals surface area (Å²) in [6.07, 6.45) is 1.89. The highest BCUT2D eigenvalue weighted by atomic mass is 16.6. The van der Waals surface area contributed by atoms with Crippen LogP contribution < -0.4 is 0 Å². The van der Waals surface area contributed by atoms with E-state index < -0.39 is 0 Å². The minimum atomic E-state index is 0.243. The Kier molecular flexibility index (Phi) is 6.49. The predicted octanol–water partition coefficient (Wildman–Crippen LogP) is 1.12. The van der Waals surface area contributed by atoms with Crippen molar-refractivity contribution in [2.75, 3.05) is 40.9 Å². The molecule has 0 aromatic carbocycles. The second kappa shape index (κ2) is 6.79. The van der Waals surface area contributed by atoms with Crippen LogP contribution in [0.2, 0.25) is 0 Å². The van der Waals surface area contributed by atoms with E-state index in [0.29, 0.717) is 13.2 Å². The largest absolute Gasteiger partial charge is 0.390 e. The van der Waals surface area contributed by atoms with Gasteiger partial charge in [-0.2, -0.15) is 0 Å². The van der Waals surface area contributed by atoms with E-state index in [9.17, 15) is 0 Å². The zero-order valence-electron chi connectivity index (χ0n) is 9.99. The van der Waals surface area contributed by atoms with Gasteiger partial charge in [-0.1, -0.05) is 5.16 Å². The van der Waals surface area contributed by atoms with Gasteiger partial charge in [0, 0.05) is 0 Å². The maximum atomic E-state index is 5.26. The van der Waals surface area contributed by atoms with Gasteiger partial charge in [-0.15, -0.1) is 0 Å². The van der Waals surface area contributed by atoms with Crippen molar-refractivity contribution < 1.29 is 14.1 Å². The number of oxime groups is 1. The van der Waals surface area contributed by atoms with Crippen LogP contribution in [0, 0.1) is 0 Å². The Bertz CT molecular complexity index is 162. The van der Waals surface area contributed by atoms with Gasteiger partial charge >= 0.3 is 0 Å². The Balaban J connectivity index is 3.28. The van der Waals surface area contributed by atoms with Gasteiger partial charge in [0.15, 0.2) is 6.61 Å². The molecular weight excluding hydrogens is 180 g/mol. The van der Waals surface area contributed by atoms with Crippen molar-refractivity contribution in [3.05, 3.63) is 0 Å². The lowest BCUT2D eigenvalue weighted by Gasteiger charge is -2.22. The first-order valence-corrected chi connectivity index (χ1v) is 4.97. The van der Waals surface area contributed by atoms with Crippen LogP contribution in [0.1, 0.15) is 13.8 Å². The molecule has 0 aromatic rings. The molecule has 84 valence electrons. The molecule has 0 saturated carbocycles. The summed E-state index contributed by atoms with van der Waals surface area (Å²) in [5.41, 5.74) is 0. The number of likely N-dealkylation sites (N-methyl/N-ethyl adjacent to an activating group) is 1. The quantitative estimate of drug-likeness (QED) is 0.269. The molecule has 0 amide bonds. The van der Waals surface area contributed by atoms with E-state index >= 15 is 0 Å². The van der Waals surface area contributed by atoms with E-state index in [1.54, 1.807) is 6.21 Å². The number of hydrogen-bond donors (Lipinski definition) is 0. The Morgan fingerprint density at radius 1 is 1.29 bits per heavy atom. The summed E-state index contributed by atoms with van der Waals surface area (Å²) in [7, 11) is 6.36. The van der Waals surface area contributed by atoms with Gasteiger partial charge in [0.1, 0.15) is 6.54 Å². The third-order valence-electron chi connectivity index (χ3n) is 1.51. The molecule has 0 fully saturated rings. The van der Waals surface area contributed by atoms with Crippen molar-refractivity contribution >= 4 is 6.21 Å². The van der Waals surface area contributed by atoms with E-state index in [1.165, 1.54) is 0 Å². The van der Waals surface area contributed by atoms with Crippen molar-refractivity contribution in [3.8, 4) is 0 Å². The molecule has 0 aliphatic heterocycles. The van der Waals surface area contributed by atoms with Crippen molar-refractivity contribution in [1.29, 1.82) is 0 Å². The van der Waals surface area contributed by atoms with Gasteiger partial charge in [0.05, 0.1) is 40.1 Å². The molecule has 0 unspecified atom stereocenters. The summed E-state index contributed by atoms with van der Waals surface area (Å²) in [6.45, 7) is 6.09. The summed E-state index contributed by atoms with van der Waals surface area (Å²) in [5, 5.41) is 3.79. The summed E-state index contributed by atoms with van der Waals surface area (Å²) in [6, 6.07) is 0. The van der Waals surface area contributed by atoms with Crippen LogP contribution in [0.5, 0.6) is 0 Å². The second-order valence-electron chi connectivity index (χ2n) is 4.52. The van der Waals surface area contributed by atoms with E-state index in [-0.39, 0.29) is 6.10 Å². The fourth-order valence-electron chi connectivity index (χ4n) is 0.686. The smallest absolute Gasteiger partial charge is 0.165 e. The van der Waals surface area contributed by atoms with Crippen molar-refractivity contribution in [1.82, 2.24) is 0 Å². The zero-order valence-corrected chi connectivity index (χ0v) is 9.99. The number of rotatable bonds is 7. The van der Waals surface area contributed by atoms with Crippen molar-refractivity contribution in [2.45, 2.75) is 20.0 Å². The van der Waals surface area contributed by atoms with Crippen LogP contribution in [-0.4, -0.2) is 57.7 Å². The van der Waals surface area contributed by atoms with Crippen molar-refractivity contribution in [2.24, 2.45) is 5.16 Å². The molecule has 0 saturated heterocycles. The lowest BCUT2D eigenvalue weighted by atomic mass is 10.5. The van der Waals surface area contributed by atoms with Gasteiger partial charge in [-0.05, 0) is 13.8 Å². The average molecular weight is 203 g/mol. The lowest BCUT2D eigenvalue weighted by molar-refractivity contribution is -0.870. The predicted molar refractivity (Wildman–Crippen MR) is 58.4 cm³/mol. The van der Waals surface area contributed by atoms with Crippen molar-refractivity contribution in [3.63, 3.8) is 0 Å². The third kappa shape index (κ3) is 11.4. The minimum absolute atomic E-state index is 0.243. The molecule has 0 radical (unpaired) electrons. The Hall–Kier alpha value is -0.610. The zero-order chi connectivity index (χ0) is 11.0. The molecule has 0 aliphatic rings. The molecule has 0 rings (SSSR count).